The number of piperidine rings is 1. The average molecular weight is 522 g/mol. The molecule has 0 radical (unpaired) electrons. The van der Waals surface area contributed by atoms with Crippen LogP contribution < -0.4 is 20.4 Å². The summed E-state index contributed by atoms with van der Waals surface area (Å²) in [5.41, 5.74) is 2.80. The molecule has 1 aliphatic heterocycles. The molecule has 0 saturated carbocycles. The number of hydrogen-bond donors (Lipinski definition) is 2. The number of carbonyl (C=O) groups excluding carboxylic acids is 2. The van der Waals surface area contributed by atoms with Gasteiger partial charge in [0.2, 0.25) is 5.91 Å². The zero-order valence-electron chi connectivity index (χ0n) is 22.5. The van der Waals surface area contributed by atoms with Crippen molar-refractivity contribution in [2.75, 3.05) is 33.5 Å². The van der Waals surface area contributed by atoms with E-state index >= 15 is 4.39 Å². The minimum atomic E-state index is -0.504. The summed E-state index contributed by atoms with van der Waals surface area (Å²) in [5.74, 6) is 0.235. The topological polar surface area (TPSA) is 90.7 Å². The van der Waals surface area contributed by atoms with Crippen molar-refractivity contribution >= 4 is 34.7 Å². The molecule has 0 spiro atoms. The minimum Gasteiger partial charge on any atom is -0.369 e. The van der Waals surface area contributed by atoms with Crippen LogP contribution in [0.1, 0.15) is 51.0 Å². The van der Waals surface area contributed by atoms with E-state index in [4.69, 9.17) is 4.52 Å². The second-order valence-corrected chi connectivity index (χ2v) is 9.72. The Hall–Kier alpha value is -3.88. The number of rotatable bonds is 8. The van der Waals surface area contributed by atoms with E-state index in [9.17, 15) is 9.59 Å². The van der Waals surface area contributed by atoms with E-state index in [0.29, 0.717) is 41.6 Å². The highest BCUT2D eigenvalue weighted by atomic mass is 19.1. The van der Waals surface area contributed by atoms with Gasteiger partial charge < -0.3 is 25.0 Å². The summed E-state index contributed by atoms with van der Waals surface area (Å²) < 4.78 is 20.2. The van der Waals surface area contributed by atoms with Gasteiger partial charge in [-0.2, -0.15) is 0 Å². The molecule has 202 valence electrons. The SMILES string of the molecule is CCC(CC)C(=O)N(c1ccccc1)C1CCN(c2ccc(NC(=O)Nc3c(C)noc3C)cc2F)CC1. The molecule has 1 aromatic heterocycles. The lowest BCUT2D eigenvalue weighted by molar-refractivity contribution is -0.123. The van der Waals surface area contributed by atoms with Crippen molar-refractivity contribution in [3.8, 4) is 0 Å². The third kappa shape index (κ3) is 5.98. The number of aromatic nitrogens is 1. The van der Waals surface area contributed by atoms with Gasteiger partial charge in [-0.25, -0.2) is 9.18 Å². The van der Waals surface area contributed by atoms with E-state index in [-0.39, 0.29) is 17.9 Å². The first-order chi connectivity index (χ1) is 18.3. The fourth-order valence-electron chi connectivity index (χ4n) is 5.08. The molecule has 8 nitrogen and oxygen atoms in total. The molecule has 2 heterocycles. The van der Waals surface area contributed by atoms with Crippen LogP contribution >= 0.6 is 0 Å². The number of halogens is 1. The number of para-hydroxylation sites is 1. The van der Waals surface area contributed by atoms with Crippen molar-refractivity contribution in [3.05, 3.63) is 65.8 Å². The molecule has 1 fully saturated rings. The molecule has 4 rings (SSSR count). The summed E-state index contributed by atoms with van der Waals surface area (Å²) in [5, 5.41) is 9.15. The first-order valence-corrected chi connectivity index (χ1v) is 13.3. The monoisotopic (exact) mass is 521 g/mol. The van der Waals surface area contributed by atoms with Gasteiger partial charge in [-0.1, -0.05) is 37.2 Å². The van der Waals surface area contributed by atoms with E-state index < -0.39 is 11.8 Å². The van der Waals surface area contributed by atoms with Gasteiger partial charge in [0.15, 0.2) is 5.76 Å². The van der Waals surface area contributed by atoms with Crippen LogP contribution in [0.15, 0.2) is 53.1 Å². The Balaban J connectivity index is 1.41. The van der Waals surface area contributed by atoms with Crippen molar-refractivity contribution in [2.45, 2.75) is 59.4 Å². The molecule has 0 bridgehead atoms. The molecule has 1 saturated heterocycles. The Morgan fingerprint density at radius 1 is 1.08 bits per heavy atom. The third-order valence-electron chi connectivity index (χ3n) is 7.25. The molecule has 0 unspecified atom stereocenters. The number of benzene rings is 2. The summed E-state index contributed by atoms with van der Waals surface area (Å²) in [6, 6.07) is 14.1. The maximum absolute atomic E-state index is 15.1. The maximum atomic E-state index is 15.1. The predicted octanol–water partition coefficient (Wildman–Crippen LogP) is 6.51. The van der Waals surface area contributed by atoms with E-state index in [0.717, 1.165) is 31.4 Å². The van der Waals surface area contributed by atoms with Gasteiger partial charge in [-0.3, -0.25) is 4.79 Å². The smallest absolute Gasteiger partial charge is 0.323 e. The number of urea groups is 1. The van der Waals surface area contributed by atoms with Gasteiger partial charge in [0.25, 0.3) is 0 Å². The second-order valence-electron chi connectivity index (χ2n) is 9.72. The quantitative estimate of drug-likeness (QED) is 0.353. The summed E-state index contributed by atoms with van der Waals surface area (Å²) in [6.07, 6.45) is 3.08. The van der Waals surface area contributed by atoms with Gasteiger partial charge in [-0.15, -0.1) is 0 Å². The molecule has 2 aromatic carbocycles. The number of carbonyl (C=O) groups is 2. The molecule has 2 N–H and O–H groups in total. The number of amides is 3. The second kappa shape index (κ2) is 12.1. The van der Waals surface area contributed by atoms with Crippen LogP contribution in [0.4, 0.5) is 31.9 Å². The summed E-state index contributed by atoms with van der Waals surface area (Å²) >= 11 is 0. The Morgan fingerprint density at radius 2 is 1.76 bits per heavy atom. The van der Waals surface area contributed by atoms with Crippen LogP contribution in [-0.4, -0.2) is 36.2 Å². The van der Waals surface area contributed by atoms with E-state index in [2.05, 4.69) is 29.6 Å². The van der Waals surface area contributed by atoms with Gasteiger partial charge in [-0.05, 0) is 69.9 Å². The highest BCUT2D eigenvalue weighted by molar-refractivity contribution is 6.00. The Bertz CT molecular complexity index is 1230. The standard InChI is InChI=1S/C29H36FN5O3/c1-5-21(6-2)28(36)35(23-10-8-7-9-11-23)24-14-16-34(17-15-24)26-13-12-22(18-25(26)30)31-29(37)32-27-19(3)33-38-20(27)4/h7-13,18,21,24H,5-6,14-17H2,1-4H3,(H2,31,32,37). The fourth-order valence-corrected chi connectivity index (χ4v) is 5.08. The lowest BCUT2D eigenvalue weighted by atomic mass is 9.96. The summed E-state index contributed by atoms with van der Waals surface area (Å²) in [4.78, 5) is 29.8. The van der Waals surface area contributed by atoms with Crippen molar-refractivity contribution < 1.29 is 18.5 Å². The van der Waals surface area contributed by atoms with Gasteiger partial charge in [0.05, 0.1) is 5.69 Å². The van der Waals surface area contributed by atoms with Crippen LogP contribution in [0.3, 0.4) is 0 Å². The van der Waals surface area contributed by atoms with Gasteiger partial charge >= 0.3 is 6.03 Å². The van der Waals surface area contributed by atoms with E-state index in [1.54, 1.807) is 26.0 Å². The molecule has 3 aromatic rings. The molecule has 0 aliphatic carbocycles. The molecular formula is C29H36FN5O3. The molecular weight excluding hydrogens is 485 g/mol. The van der Waals surface area contributed by atoms with Crippen LogP contribution in [0, 0.1) is 25.6 Å². The van der Waals surface area contributed by atoms with Gasteiger partial charge in [0, 0.05) is 36.4 Å². The number of anilines is 4. The lowest BCUT2D eigenvalue weighted by Gasteiger charge is -2.40. The lowest BCUT2D eigenvalue weighted by Crippen LogP contribution is -2.49. The molecule has 3 amide bonds. The van der Waals surface area contributed by atoms with Crippen LogP contribution in [-0.2, 0) is 4.79 Å². The third-order valence-corrected chi connectivity index (χ3v) is 7.25. The first kappa shape index (κ1) is 27.2. The predicted molar refractivity (Wildman–Crippen MR) is 148 cm³/mol. The fraction of sp³-hybridized carbons (Fsp3) is 0.414. The van der Waals surface area contributed by atoms with Crippen molar-refractivity contribution in [1.29, 1.82) is 0 Å². The normalized spacial score (nSPS) is 14.0. The average Bonchev–Trinajstić information content (AvgIpc) is 3.23. The van der Waals surface area contributed by atoms with Crippen LogP contribution in [0.25, 0.3) is 0 Å². The Kier molecular flexibility index (Phi) is 8.66. The number of aryl methyl sites for hydroxylation is 2. The number of nitrogens with one attached hydrogen (secondary N) is 2. The Morgan fingerprint density at radius 3 is 2.34 bits per heavy atom. The number of nitrogens with zero attached hydrogens (tertiary/aromatic N) is 3. The summed E-state index contributed by atoms with van der Waals surface area (Å²) in [7, 11) is 0. The van der Waals surface area contributed by atoms with Crippen molar-refractivity contribution in [2.24, 2.45) is 5.92 Å². The Labute approximate surface area is 223 Å². The molecule has 1 aliphatic rings. The van der Waals surface area contributed by atoms with Gasteiger partial charge in [0.1, 0.15) is 17.2 Å². The summed E-state index contributed by atoms with van der Waals surface area (Å²) in [6.45, 7) is 8.79. The van der Waals surface area contributed by atoms with E-state index in [1.807, 2.05) is 40.1 Å². The van der Waals surface area contributed by atoms with Crippen molar-refractivity contribution in [3.63, 3.8) is 0 Å². The highest BCUT2D eigenvalue weighted by Crippen LogP contribution is 2.31. The first-order valence-electron chi connectivity index (χ1n) is 13.3. The number of hydrogen-bond acceptors (Lipinski definition) is 5. The van der Waals surface area contributed by atoms with Crippen molar-refractivity contribution in [1.82, 2.24) is 5.16 Å². The molecule has 9 heteroatoms. The molecule has 38 heavy (non-hydrogen) atoms. The van der Waals surface area contributed by atoms with Crippen LogP contribution in [0.5, 0.6) is 0 Å². The zero-order chi connectivity index (χ0) is 27.2. The molecule has 0 atom stereocenters. The zero-order valence-corrected chi connectivity index (χ0v) is 22.5. The minimum absolute atomic E-state index is 0.0134. The van der Waals surface area contributed by atoms with E-state index in [1.165, 1.54) is 6.07 Å². The van der Waals surface area contributed by atoms with Crippen LogP contribution in [0.2, 0.25) is 0 Å². The largest absolute Gasteiger partial charge is 0.369 e. The highest BCUT2D eigenvalue weighted by Gasteiger charge is 2.32. The maximum Gasteiger partial charge on any atom is 0.323 e.